The molecule has 1 saturated heterocycles. The van der Waals surface area contributed by atoms with Crippen LogP contribution >= 0.6 is 0 Å². The van der Waals surface area contributed by atoms with Crippen LogP contribution < -0.4 is 5.32 Å². The van der Waals surface area contributed by atoms with E-state index in [-0.39, 0.29) is 30.5 Å². The van der Waals surface area contributed by atoms with Gasteiger partial charge in [-0.3, -0.25) is 9.59 Å². The summed E-state index contributed by atoms with van der Waals surface area (Å²) < 4.78 is 24.5. The van der Waals surface area contributed by atoms with E-state index in [9.17, 15) is 18.8 Å². The van der Waals surface area contributed by atoms with Crippen molar-refractivity contribution in [2.24, 2.45) is 0 Å². The number of benzene rings is 2. The van der Waals surface area contributed by atoms with E-state index < -0.39 is 29.9 Å². The topological polar surface area (TPSA) is 84.9 Å². The van der Waals surface area contributed by atoms with Crippen LogP contribution in [0.4, 0.5) is 9.18 Å². The van der Waals surface area contributed by atoms with Crippen molar-refractivity contribution in [3.8, 4) is 0 Å². The number of Topliss-reactive ketones (excluding diaryl/α,β-unsaturated/α-hetero) is 1. The Morgan fingerprint density at radius 2 is 1.82 bits per heavy atom. The van der Waals surface area contributed by atoms with Gasteiger partial charge in [0.2, 0.25) is 0 Å². The largest absolute Gasteiger partial charge is 0.444 e. The summed E-state index contributed by atoms with van der Waals surface area (Å²) in [7, 11) is 0. The lowest BCUT2D eigenvalue weighted by atomic mass is 9.87. The number of ether oxygens (including phenoxy) is 2. The van der Waals surface area contributed by atoms with Gasteiger partial charge >= 0.3 is 6.09 Å². The number of alkyl carbamates (subject to hydrolysis) is 1. The molecule has 0 spiro atoms. The van der Waals surface area contributed by atoms with E-state index in [1.807, 2.05) is 24.3 Å². The Balaban J connectivity index is 1.50. The smallest absolute Gasteiger partial charge is 0.408 e. The average Bonchev–Trinajstić information content (AvgIpc) is 2.78. The second-order valence-corrected chi connectivity index (χ2v) is 9.63. The molecule has 1 fully saturated rings. The first-order valence-corrected chi connectivity index (χ1v) is 11.4. The van der Waals surface area contributed by atoms with Crippen LogP contribution in [0.25, 0.3) is 0 Å². The molecule has 2 aliphatic heterocycles. The van der Waals surface area contributed by atoms with Crippen LogP contribution in [0.15, 0.2) is 48.5 Å². The molecule has 0 aromatic heterocycles. The molecule has 3 atom stereocenters. The molecule has 2 aliphatic rings. The Kier molecular flexibility index (Phi) is 6.70. The molecule has 7 nitrogen and oxygen atoms in total. The van der Waals surface area contributed by atoms with Crippen molar-refractivity contribution in [1.82, 2.24) is 10.2 Å². The molecule has 4 rings (SSSR count). The molecule has 34 heavy (non-hydrogen) atoms. The molecule has 180 valence electrons. The molecule has 1 N–H and O–H groups in total. The van der Waals surface area contributed by atoms with E-state index >= 15 is 0 Å². The van der Waals surface area contributed by atoms with Crippen LogP contribution in [0.1, 0.15) is 49.9 Å². The minimum atomic E-state index is -0.947. The van der Waals surface area contributed by atoms with Crippen molar-refractivity contribution < 1.29 is 28.2 Å². The van der Waals surface area contributed by atoms with Crippen molar-refractivity contribution >= 4 is 17.8 Å². The third kappa shape index (κ3) is 5.28. The number of hydrogen-bond donors (Lipinski definition) is 1. The first-order chi connectivity index (χ1) is 16.1. The number of nitrogens with one attached hydrogen (secondary N) is 1. The van der Waals surface area contributed by atoms with Gasteiger partial charge in [-0.2, -0.15) is 0 Å². The highest BCUT2D eigenvalue weighted by Crippen LogP contribution is 2.36. The number of carbonyl (C=O) groups excluding carboxylic acids is 3. The number of carbonyl (C=O) groups is 3. The third-order valence-corrected chi connectivity index (χ3v) is 5.96. The monoisotopic (exact) mass is 468 g/mol. The Hall–Kier alpha value is -3.26. The Labute approximate surface area is 198 Å². The van der Waals surface area contributed by atoms with Gasteiger partial charge in [0.15, 0.2) is 5.78 Å². The summed E-state index contributed by atoms with van der Waals surface area (Å²) in [6.07, 6.45) is -1.13. The van der Waals surface area contributed by atoms with Gasteiger partial charge in [-0.25, -0.2) is 9.18 Å². The molecule has 0 radical (unpaired) electrons. The lowest BCUT2D eigenvalue weighted by molar-refractivity contribution is -0.154. The number of halogens is 1. The molecular formula is C26H29FN2O5. The van der Waals surface area contributed by atoms with E-state index in [1.54, 1.807) is 37.8 Å². The summed E-state index contributed by atoms with van der Waals surface area (Å²) >= 11 is 0. The third-order valence-electron chi connectivity index (χ3n) is 5.96. The summed E-state index contributed by atoms with van der Waals surface area (Å²) in [5.74, 6) is -0.936. The van der Waals surface area contributed by atoms with Crippen LogP contribution in [0.5, 0.6) is 0 Å². The van der Waals surface area contributed by atoms with E-state index in [4.69, 9.17) is 9.47 Å². The van der Waals surface area contributed by atoms with Gasteiger partial charge < -0.3 is 19.7 Å². The standard InChI is InChI=1S/C26H29FN2O5/c1-26(2,3)34-25(32)28-20-15-33-22(14-21(20)30)24(31)29-13-12-16-6-4-5-7-19(16)23(29)17-8-10-18(27)11-9-17/h4-11,20,22-23H,12-15H2,1-3H3,(H,28,32)/t20-,22-,23-/m0/s1. The van der Waals surface area contributed by atoms with E-state index in [0.29, 0.717) is 13.0 Å². The SMILES string of the molecule is CC(C)(C)OC(=O)N[C@H]1CO[C@H](C(=O)N2CCc3ccccc3[C@@H]2c2ccc(F)cc2)CC1=O. The number of ketones is 1. The fourth-order valence-electron chi connectivity index (χ4n) is 4.41. The van der Waals surface area contributed by atoms with Gasteiger partial charge in [0.1, 0.15) is 23.6 Å². The average molecular weight is 469 g/mol. The van der Waals surface area contributed by atoms with E-state index in [2.05, 4.69) is 5.32 Å². The molecule has 2 amide bonds. The normalized spacial score (nSPS) is 22.6. The van der Waals surface area contributed by atoms with Crippen molar-refractivity contribution in [2.75, 3.05) is 13.2 Å². The Bertz CT molecular complexity index is 1080. The zero-order chi connectivity index (χ0) is 24.5. The summed E-state index contributed by atoms with van der Waals surface area (Å²) in [6.45, 7) is 5.53. The molecule has 0 aliphatic carbocycles. The highest BCUT2D eigenvalue weighted by atomic mass is 19.1. The maximum absolute atomic E-state index is 13.6. The zero-order valence-electron chi connectivity index (χ0n) is 19.5. The maximum Gasteiger partial charge on any atom is 0.408 e. The molecule has 2 heterocycles. The quantitative estimate of drug-likeness (QED) is 0.745. The predicted octanol–water partition coefficient (Wildman–Crippen LogP) is 3.55. The van der Waals surface area contributed by atoms with Crippen molar-refractivity contribution in [2.45, 2.75) is 57.4 Å². The molecule has 8 heteroatoms. The second-order valence-electron chi connectivity index (χ2n) is 9.63. The van der Waals surface area contributed by atoms with Crippen molar-refractivity contribution in [1.29, 1.82) is 0 Å². The highest BCUT2D eigenvalue weighted by Gasteiger charge is 2.40. The minimum absolute atomic E-state index is 0.111. The number of hydrogen-bond acceptors (Lipinski definition) is 5. The van der Waals surface area contributed by atoms with Gasteiger partial charge in [-0.1, -0.05) is 36.4 Å². The summed E-state index contributed by atoms with van der Waals surface area (Å²) in [6, 6.07) is 12.7. The van der Waals surface area contributed by atoms with Gasteiger partial charge in [-0.05, 0) is 56.0 Å². The summed E-state index contributed by atoms with van der Waals surface area (Å²) in [4.78, 5) is 40.0. The highest BCUT2D eigenvalue weighted by molar-refractivity contribution is 5.94. The van der Waals surface area contributed by atoms with Crippen LogP contribution in [0.2, 0.25) is 0 Å². The second kappa shape index (κ2) is 9.54. The first kappa shape index (κ1) is 23.9. The van der Waals surface area contributed by atoms with Crippen molar-refractivity contribution in [3.63, 3.8) is 0 Å². The Morgan fingerprint density at radius 1 is 1.12 bits per heavy atom. The Morgan fingerprint density at radius 3 is 2.50 bits per heavy atom. The van der Waals surface area contributed by atoms with Crippen molar-refractivity contribution in [3.05, 3.63) is 71.0 Å². The molecule has 0 bridgehead atoms. The number of rotatable bonds is 3. The van der Waals surface area contributed by atoms with Gasteiger partial charge in [-0.15, -0.1) is 0 Å². The maximum atomic E-state index is 13.6. The minimum Gasteiger partial charge on any atom is -0.444 e. The number of amides is 2. The van der Waals surface area contributed by atoms with E-state index in [0.717, 1.165) is 16.7 Å². The first-order valence-electron chi connectivity index (χ1n) is 11.4. The number of nitrogens with zero attached hydrogens (tertiary/aromatic N) is 1. The molecule has 0 unspecified atom stereocenters. The summed E-state index contributed by atoms with van der Waals surface area (Å²) in [5, 5.41) is 2.52. The van der Waals surface area contributed by atoms with Crippen LogP contribution in [-0.2, 0) is 25.5 Å². The molecule has 0 saturated carbocycles. The number of fused-ring (bicyclic) bond motifs is 1. The lowest BCUT2D eigenvalue weighted by Crippen LogP contribution is -2.54. The fourth-order valence-corrected chi connectivity index (χ4v) is 4.41. The molecule has 2 aromatic rings. The van der Waals surface area contributed by atoms with Crippen LogP contribution in [0, 0.1) is 5.82 Å². The predicted molar refractivity (Wildman–Crippen MR) is 123 cm³/mol. The zero-order valence-corrected chi connectivity index (χ0v) is 19.5. The van der Waals surface area contributed by atoms with Crippen LogP contribution in [0.3, 0.4) is 0 Å². The van der Waals surface area contributed by atoms with Gasteiger partial charge in [0.05, 0.1) is 12.6 Å². The summed E-state index contributed by atoms with van der Waals surface area (Å²) in [5.41, 5.74) is 2.19. The van der Waals surface area contributed by atoms with Gasteiger partial charge in [0, 0.05) is 13.0 Å². The fraction of sp³-hybridized carbons (Fsp3) is 0.423. The van der Waals surface area contributed by atoms with E-state index in [1.165, 1.54) is 12.1 Å². The lowest BCUT2D eigenvalue weighted by Gasteiger charge is -2.40. The van der Waals surface area contributed by atoms with Gasteiger partial charge in [0.25, 0.3) is 5.91 Å². The van der Waals surface area contributed by atoms with Crippen LogP contribution in [-0.4, -0.2) is 53.6 Å². The molecule has 2 aromatic carbocycles. The molecular weight excluding hydrogens is 439 g/mol.